The molecular formula is C15H20N2O2S. The Morgan fingerprint density at radius 1 is 1.35 bits per heavy atom. The molecule has 0 amide bonds. The van der Waals surface area contributed by atoms with Crippen LogP contribution in [0.1, 0.15) is 37.7 Å². The molecule has 0 atom stereocenters. The van der Waals surface area contributed by atoms with Crippen LogP contribution in [-0.2, 0) is 4.79 Å². The lowest BCUT2D eigenvalue weighted by Crippen LogP contribution is -2.04. The summed E-state index contributed by atoms with van der Waals surface area (Å²) in [6, 6.07) is 8.05. The molecule has 20 heavy (non-hydrogen) atoms. The Morgan fingerprint density at radius 2 is 2.10 bits per heavy atom. The minimum Gasteiger partial charge on any atom is -0.481 e. The first-order chi connectivity index (χ1) is 9.69. The number of benzene rings is 1. The second kappa shape index (κ2) is 9.27. The van der Waals surface area contributed by atoms with Crippen molar-refractivity contribution >= 4 is 23.4 Å². The third kappa shape index (κ3) is 5.54. The van der Waals surface area contributed by atoms with E-state index in [4.69, 9.17) is 5.11 Å². The van der Waals surface area contributed by atoms with Gasteiger partial charge < -0.3 is 10.4 Å². The Kier molecular flexibility index (Phi) is 7.59. The average Bonchev–Trinajstić information content (AvgIpc) is 2.45. The number of nitriles is 1. The highest BCUT2D eigenvalue weighted by atomic mass is 32.2. The number of nitrogens with zero attached hydrogens (tertiary/aromatic N) is 1. The molecule has 0 heterocycles. The van der Waals surface area contributed by atoms with Crippen LogP contribution in [0.4, 0.5) is 5.69 Å². The molecule has 1 aromatic carbocycles. The van der Waals surface area contributed by atoms with Crippen molar-refractivity contribution in [2.24, 2.45) is 0 Å². The van der Waals surface area contributed by atoms with E-state index in [-0.39, 0.29) is 6.42 Å². The van der Waals surface area contributed by atoms with Crippen LogP contribution in [0.25, 0.3) is 0 Å². The van der Waals surface area contributed by atoms with Crippen molar-refractivity contribution in [2.45, 2.75) is 37.0 Å². The zero-order chi connectivity index (χ0) is 14.8. The molecular weight excluding hydrogens is 272 g/mol. The summed E-state index contributed by atoms with van der Waals surface area (Å²) in [5, 5.41) is 21.0. The number of carbonyl (C=O) groups is 1. The molecule has 1 rings (SSSR count). The summed E-state index contributed by atoms with van der Waals surface area (Å²) in [6.07, 6.45) is 5.87. The van der Waals surface area contributed by atoms with E-state index in [1.165, 1.54) is 0 Å². The molecule has 0 aliphatic carbocycles. The Labute approximate surface area is 124 Å². The van der Waals surface area contributed by atoms with Crippen molar-refractivity contribution in [1.82, 2.24) is 0 Å². The summed E-state index contributed by atoms with van der Waals surface area (Å²) in [5.41, 5.74) is 1.58. The van der Waals surface area contributed by atoms with Gasteiger partial charge in [-0.05, 0) is 31.2 Å². The minimum absolute atomic E-state index is 0.252. The standard InChI is InChI=1S/C15H20N2O2S/c1-20-14-8-6-7-13(12(14)11-16)17-10-5-3-2-4-9-15(18)19/h6-8,17H,2-5,9-10H2,1H3,(H,18,19). The van der Waals surface area contributed by atoms with Crippen molar-refractivity contribution < 1.29 is 9.90 Å². The Balaban J connectivity index is 2.32. The number of unbranched alkanes of at least 4 members (excludes halogenated alkanes) is 3. The molecule has 0 aromatic heterocycles. The number of hydrogen-bond donors (Lipinski definition) is 2. The first kappa shape index (κ1) is 16.4. The molecule has 0 saturated heterocycles. The quantitative estimate of drug-likeness (QED) is 0.536. The fourth-order valence-corrected chi connectivity index (χ4v) is 2.52. The van der Waals surface area contributed by atoms with E-state index < -0.39 is 5.97 Å². The molecule has 0 bridgehead atoms. The van der Waals surface area contributed by atoms with Gasteiger partial charge in [0.05, 0.1) is 11.3 Å². The number of aliphatic carboxylic acids is 1. The normalized spacial score (nSPS) is 10.0. The van der Waals surface area contributed by atoms with Gasteiger partial charge in [0.25, 0.3) is 0 Å². The maximum Gasteiger partial charge on any atom is 0.303 e. The van der Waals surface area contributed by atoms with Crippen LogP contribution in [0, 0.1) is 11.3 Å². The molecule has 2 N–H and O–H groups in total. The van der Waals surface area contributed by atoms with Crippen molar-refractivity contribution in [1.29, 1.82) is 5.26 Å². The average molecular weight is 292 g/mol. The van der Waals surface area contributed by atoms with Gasteiger partial charge in [0, 0.05) is 17.9 Å². The topological polar surface area (TPSA) is 73.1 Å². The van der Waals surface area contributed by atoms with Gasteiger partial charge in [0.1, 0.15) is 6.07 Å². The number of carboxylic acid groups (broad SMARTS) is 1. The SMILES string of the molecule is CSc1cccc(NCCCCCCC(=O)O)c1C#N. The fraction of sp³-hybridized carbons (Fsp3) is 0.467. The van der Waals surface area contributed by atoms with Gasteiger partial charge in [0.2, 0.25) is 0 Å². The van der Waals surface area contributed by atoms with Crippen molar-refractivity contribution in [3.05, 3.63) is 23.8 Å². The lowest BCUT2D eigenvalue weighted by Gasteiger charge is -2.10. The number of rotatable bonds is 9. The molecule has 4 nitrogen and oxygen atoms in total. The molecule has 0 aliphatic rings. The van der Waals surface area contributed by atoms with E-state index in [2.05, 4.69) is 11.4 Å². The van der Waals surface area contributed by atoms with E-state index in [0.29, 0.717) is 5.56 Å². The molecule has 0 fully saturated rings. The van der Waals surface area contributed by atoms with Crippen LogP contribution in [-0.4, -0.2) is 23.9 Å². The minimum atomic E-state index is -0.726. The number of hydrogen-bond acceptors (Lipinski definition) is 4. The van der Waals surface area contributed by atoms with Crippen molar-refractivity contribution in [2.75, 3.05) is 18.1 Å². The Morgan fingerprint density at radius 3 is 2.75 bits per heavy atom. The highest BCUT2D eigenvalue weighted by molar-refractivity contribution is 7.98. The predicted octanol–water partition coefficient (Wildman–Crippen LogP) is 3.73. The van der Waals surface area contributed by atoms with Gasteiger partial charge in [-0.1, -0.05) is 18.9 Å². The lowest BCUT2D eigenvalue weighted by molar-refractivity contribution is -0.137. The Hall–Kier alpha value is -1.67. The number of anilines is 1. The summed E-state index contributed by atoms with van der Waals surface area (Å²) in [7, 11) is 0. The summed E-state index contributed by atoms with van der Waals surface area (Å²) < 4.78 is 0. The maximum absolute atomic E-state index is 10.4. The second-order valence-electron chi connectivity index (χ2n) is 4.48. The van der Waals surface area contributed by atoms with Crippen LogP contribution in [0.3, 0.4) is 0 Å². The molecule has 0 aliphatic heterocycles. The predicted molar refractivity (Wildman–Crippen MR) is 82.1 cm³/mol. The zero-order valence-corrected chi connectivity index (χ0v) is 12.5. The molecule has 5 heteroatoms. The maximum atomic E-state index is 10.4. The first-order valence-electron chi connectivity index (χ1n) is 6.71. The third-order valence-corrected chi connectivity index (χ3v) is 3.77. The van der Waals surface area contributed by atoms with E-state index in [1.54, 1.807) is 11.8 Å². The van der Waals surface area contributed by atoms with Crippen LogP contribution < -0.4 is 5.32 Å². The van der Waals surface area contributed by atoms with Gasteiger partial charge >= 0.3 is 5.97 Å². The van der Waals surface area contributed by atoms with E-state index >= 15 is 0 Å². The molecule has 0 saturated carbocycles. The summed E-state index contributed by atoms with van der Waals surface area (Å²) in [6.45, 7) is 0.805. The lowest BCUT2D eigenvalue weighted by atomic mass is 10.1. The highest BCUT2D eigenvalue weighted by Gasteiger charge is 2.06. The third-order valence-electron chi connectivity index (χ3n) is 2.99. The Bertz CT molecular complexity index is 483. The molecule has 108 valence electrons. The van der Waals surface area contributed by atoms with Crippen LogP contribution in [0.5, 0.6) is 0 Å². The molecule has 0 unspecified atom stereocenters. The summed E-state index contributed by atoms with van der Waals surface area (Å²) in [5.74, 6) is -0.726. The van der Waals surface area contributed by atoms with E-state index in [9.17, 15) is 10.1 Å². The second-order valence-corrected chi connectivity index (χ2v) is 5.33. The van der Waals surface area contributed by atoms with Gasteiger partial charge in [-0.2, -0.15) is 5.26 Å². The van der Waals surface area contributed by atoms with Gasteiger partial charge in [-0.25, -0.2) is 0 Å². The molecule has 0 spiro atoms. The van der Waals surface area contributed by atoms with Gasteiger partial charge in [-0.15, -0.1) is 11.8 Å². The largest absolute Gasteiger partial charge is 0.481 e. The van der Waals surface area contributed by atoms with Crippen molar-refractivity contribution in [3.8, 4) is 6.07 Å². The smallest absolute Gasteiger partial charge is 0.303 e. The monoisotopic (exact) mass is 292 g/mol. The highest BCUT2D eigenvalue weighted by Crippen LogP contribution is 2.26. The van der Waals surface area contributed by atoms with Gasteiger partial charge in [0.15, 0.2) is 0 Å². The number of thioether (sulfide) groups is 1. The van der Waals surface area contributed by atoms with Gasteiger partial charge in [-0.3, -0.25) is 4.79 Å². The van der Waals surface area contributed by atoms with Crippen LogP contribution in [0.15, 0.2) is 23.1 Å². The summed E-state index contributed by atoms with van der Waals surface area (Å²) in [4.78, 5) is 11.3. The summed E-state index contributed by atoms with van der Waals surface area (Å²) >= 11 is 1.57. The van der Waals surface area contributed by atoms with E-state index in [0.717, 1.165) is 42.8 Å². The van der Waals surface area contributed by atoms with Crippen LogP contribution in [0.2, 0.25) is 0 Å². The fourth-order valence-electron chi connectivity index (χ4n) is 1.94. The number of carboxylic acids is 1. The van der Waals surface area contributed by atoms with Crippen molar-refractivity contribution in [3.63, 3.8) is 0 Å². The zero-order valence-electron chi connectivity index (χ0n) is 11.7. The van der Waals surface area contributed by atoms with E-state index in [1.807, 2.05) is 24.5 Å². The first-order valence-corrected chi connectivity index (χ1v) is 7.94. The number of nitrogens with one attached hydrogen (secondary N) is 1. The molecule has 0 radical (unpaired) electrons. The molecule has 1 aromatic rings. The van der Waals surface area contributed by atoms with Crippen LogP contribution >= 0.6 is 11.8 Å².